The topological polar surface area (TPSA) is 23.8 Å². The van der Waals surface area contributed by atoms with E-state index in [0.29, 0.717) is 6.54 Å². The summed E-state index contributed by atoms with van der Waals surface area (Å²) in [7, 11) is 0. The lowest BCUT2D eigenvalue weighted by atomic mass is 9.85. The third-order valence-corrected chi connectivity index (χ3v) is 2.00. The SMILES string of the molecule is CC(C)(C[NH])c1ccccc1. The fourth-order valence-corrected chi connectivity index (χ4v) is 0.991. The van der Waals surface area contributed by atoms with Crippen LogP contribution in [0.1, 0.15) is 19.4 Å². The van der Waals surface area contributed by atoms with Crippen molar-refractivity contribution in [3.63, 3.8) is 0 Å². The van der Waals surface area contributed by atoms with E-state index in [-0.39, 0.29) is 5.41 Å². The average Bonchev–Trinajstić information content (AvgIpc) is 2.06. The molecular formula is C10H14N. The molecule has 1 nitrogen and oxygen atoms in total. The van der Waals surface area contributed by atoms with Crippen molar-refractivity contribution in [2.24, 2.45) is 0 Å². The summed E-state index contributed by atoms with van der Waals surface area (Å²) in [5, 5.41) is 0. The number of nitrogens with one attached hydrogen (secondary N) is 1. The molecule has 0 bridgehead atoms. The van der Waals surface area contributed by atoms with Crippen molar-refractivity contribution in [3.05, 3.63) is 35.9 Å². The molecule has 0 heterocycles. The average molecular weight is 148 g/mol. The van der Waals surface area contributed by atoms with Gasteiger partial charge in [0, 0.05) is 12.0 Å². The van der Waals surface area contributed by atoms with Gasteiger partial charge < -0.3 is 0 Å². The van der Waals surface area contributed by atoms with Crippen LogP contribution in [0.2, 0.25) is 0 Å². The highest BCUT2D eigenvalue weighted by Crippen LogP contribution is 2.20. The second-order valence-electron chi connectivity index (χ2n) is 3.43. The van der Waals surface area contributed by atoms with E-state index in [1.54, 1.807) is 0 Å². The van der Waals surface area contributed by atoms with Gasteiger partial charge in [-0.25, -0.2) is 0 Å². The second kappa shape index (κ2) is 3.05. The maximum Gasteiger partial charge on any atom is 0.0192 e. The molecular weight excluding hydrogens is 134 g/mol. The van der Waals surface area contributed by atoms with Gasteiger partial charge in [-0.05, 0) is 5.56 Å². The Morgan fingerprint density at radius 3 is 2.18 bits per heavy atom. The first-order valence-electron chi connectivity index (χ1n) is 3.87. The van der Waals surface area contributed by atoms with Gasteiger partial charge in [0.25, 0.3) is 0 Å². The predicted octanol–water partition coefficient (Wildman–Crippen LogP) is 2.25. The Labute approximate surface area is 68.2 Å². The summed E-state index contributed by atoms with van der Waals surface area (Å²) in [6.45, 7) is 4.63. The van der Waals surface area contributed by atoms with E-state index < -0.39 is 0 Å². The zero-order valence-corrected chi connectivity index (χ0v) is 7.09. The molecule has 0 fully saturated rings. The number of hydrogen-bond donors (Lipinski definition) is 0. The van der Waals surface area contributed by atoms with Crippen molar-refractivity contribution in [1.29, 1.82) is 0 Å². The first kappa shape index (κ1) is 8.28. The van der Waals surface area contributed by atoms with Gasteiger partial charge in [0.1, 0.15) is 0 Å². The minimum Gasteiger partial charge on any atom is -0.257 e. The molecule has 1 rings (SSSR count). The summed E-state index contributed by atoms with van der Waals surface area (Å²) >= 11 is 0. The van der Waals surface area contributed by atoms with Gasteiger partial charge in [-0.3, -0.25) is 5.73 Å². The largest absolute Gasteiger partial charge is 0.257 e. The van der Waals surface area contributed by atoms with Crippen molar-refractivity contribution in [3.8, 4) is 0 Å². The van der Waals surface area contributed by atoms with Gasteiger partial charge in [0.15, 0.2) is 0 Å². The Bertz CT molecular complexity index is 214. The van der Waals surface area contributed by atoms with Crippen molar-refractivity contribution in [2.75, 3.05) is 6.54 Å². The lowest BCUT2D eigenvalue weighted by Crippen LogP contribution is -2.22. The van der Waals surface area contributed by atoms with Crippen LogP contribution in [-0.2, 0) is 5.41 Å². The van der Waals surface area contributed by atoms with Gasteiger partial charge >= 0.3 is 0 Å². The molecule has 0 unspecified atom stereocenters. The number of hydrogen-bond acceptors (Lipinski definition) is 0. The van der Waals surface area contributed by atoms with E-state index >= 15 is 0 Å². The fraction of sp³-hybridized carbons (Fsp3) is 0.400. The van der Waals surface area contributed by atoms with Crippen LogP contribution in [0.3, 0.4) is 0 Å². The van der Waals surface area contributed by atoms with Gasteiger partial charge in [-0.2, -0.15) is 0 Å². The normalized spacial score (nSPS) is 11.5. The van der Waals surface area contributed by atoms with Crippen LogP contribution >= 0.6 is 0 Å². The van der Waals surface area contributed by atoms with Gasteiger partial charge in [0.05, 0.1) is 0 Å². The van der Waals surface area contributed by atoms with Gasteiger partial charge in [-0.15, -0.1) is 0 Å². The Morgan fingerprint density at radius 1 is 1.18 bits per heavy atom. The lowest BCUT2D eigenvalue weighted by molar-refractivity contribution is 0.531. The van der Waals surface area contributed by atoms with E-state index in [1.807, 2.05) is 18.2 Å². The summed E-state index contributed by atoms with van der Waals surface area (Å²) in [6, 6.07) is 10.2. The highest BCUT2D eigenvalue weighted by atomic mass is 14.6. The van der Waals surface area contributed by atoms with Crippen molar-refractivity contribution >= 4 is 0 Å². The minimum atomic E-state index is 0.00125. The first-order chi connectivity index (χ1) is 5.17. The van der Waals surface area contributed by atoms with Crippen LogP contribution in [0.15, 0.2) is 30.3 Å². The van der Waals surface area contributed by atoms with Gasteiger partial charge in [-0.1, -0.05) is 44.2 Å². The number of rotatable bonds is 2. The fourth-order valence-electron chi connectivity index (χ4n) is 0.991. The number of benzene rings is 1. The molecule has 1 radical (unpaired) electrons. The third kappa shape index (κ3) is 1.81. The maximum atomic E-state index is 7.34. The smallest absolute Gasteiger partial charge is 0.0192 e. The molecule has 1 aromatic carbocycles. The van der Waals surface area contributed by atoms with Crippen molar-refractivity contribution in [2.45, 2.75) is 19.3 Å². The summed E-state index contributed by atoms with van der Waals surface area (Å²) in [5.41, 5.74) is 8.59. The summed E-state index contributed by atoms with van der Waals surface area (Å²) in [6.07, 6.45) is 0. The molecule has 11 heavy (non-hydrogen) atoms. The summed E-state index contributed by atoms with van der Waals surface area (Å²) in [4.78, 5) is 0. The minimum absolute atomic E-state index is 0.00125. The van der Waals surface area contributed by atoms with Crippen LogP contribution < -0.4 is 5.73 Å². The molecule has 1 heteroatoms. The molecule has 0 amide bonds. The molecule has 0 aliphatic rings. The van der Waals surface area contributed by atoms with Gasteiger partial charge in [0.2, 0.25) is 0 Å². The molecule has 1 aromatic rings. The van der Waals surface area contributed by atoms with E-state index in [0.717, 1.165) is 0 Å². The molecule has 0 aliphatic carbocycles. The third-order valence-electron chi connectivity index (χ3n) is 2.00. The van der Waals surface area contributed by atoms with Crippen LogP contribution in [0.25, 0.3) is 0 Å². The lowest BCUT2D eigenvalue weighted by Gasteiger charge is -2.21. The zero-order valence-electron chi connectivity index (χ0n) is 7.09. The molecule has 0 atom stereocenters. The highest BCUT2D eigenvalue weighted by Gasteiger charge is 2.17. The summed E-state index contributed by atoms with van der Waals surface area (Å²) < 4.78 is 0. The van der Waals surface area contributed by atoms with Crippen LogP contribution in [0.4, 0.5) is 0 Å². The van der Waals surface area contributed by atoms with E-state index in [9.17, 15) is 0 Å². The molecule has 1 N–H and O–H groups in total. The zero-order chi connectivity index (χ0) is 8.32. The molecule has 0 spiro atoms. The van der Waals surface area contributed by atoms with Crippen LogP contribution in [0.5, 0.6) is 0 Å². The Balaban J connectivity index is 2.93. The first-order valence-corrected chi connectivity index (χ1v) is 3.87. The van der Waals surface area contributed by atoms with Crippen molar-refractivity contribution < 1.29 is 0 Å². The second-order valence-corrected chi connectivity index (χ2v) is 3.43. The van der Waals surface area contributed by atoms with E-state index in [1.165, 1.54) is 5.56 Å². The summed E-state index contributed by atoms with van der Waals surface area (Å²) in [5.74, 6) is 0. The monoisotopic (exact) mass is 148 g/mol. The highest BCUT2D eigenvalue weighted by molar-refractivity contribution is 5.23. The van der Waals surface area contributed by atoms with E-state index in [2.05, 4.69) is 26.0 Å². The molecule has 59 valence electrons. The maximum absolute atomic E-state index is 7.34. The Morgan fingerprint density at radius 2 is 1.73 bits per heavy atom. The molecule has 0 saturated heterocycles. The molecule has 0 aliphatic heterocycles. The van der Waals surface area contributed by atoms with Crippen molar-refractivity contribution in [1.82, 2.24) is 5.73 Å². The van der Waals surface area contributed by atoms with Crippen LogP contribution in [0, 0.1) is 0 Å². The Kier molecular flexibility index (Phi) is 2.30. The predicted molar refractivity (Wildman–Crippen MR) is 47.4 cm³/mol. The Hall–Kier alpha value is -0.820. The van der Waals surface area contributed by atoms with E-state index in [4.69, 9.17) is 5.73 Å². The standard InChI is InChI=1S/C10H14N/c1-10(2,8-11)9-6-4-3-5-7-9/h3-7,11H,8H2,1-2H3. The van der Waals surface area contributed by atoms with Crippen LogP contribution in [-0.4, -0.2) is 6.54 Å². The molecule has 0 aromatic heterocycles. The quantitative estimate of drug-likeness (QED) is 0.614. The molecule has 0 saturated carbocycles.